The maximum Gasteiger partial charge on any atom is 0.306 e. The van der Waals surface area contributed by atoms with Crippen LogP contribution in [0.5, 0.6) is 0 Å². The summed E-state index contributed by atoms with van der Waals surface area (Å²) in [5.74, 6) is -0.495. The highest BCUT2D eigenvalue weighted by Gasteiger charge is 2.24. The van der Waals surface area contributed by atoms with Crippen molar-refractivity contribution in [2.75, 3.05) is 6.61 Å². The van der Waals surface area contributed by atoms with Crippen LogP contribution in [-0.4, -0.2) is 46.9 Å². The number of nitrogens with one attached hydrogen (secondary N) is 1. The van der Waals surface area contributed by atoms with Crippen molar-refractivity contribution in [2.24, 2.45) is 0 Å². The Bertz CT molecular complexity index is 1220. The summed E-state index contributed by atoms with van der Waals surface area (Å²) in [7, 11) is 0. The van der Waals surface area contributed by atoms with Gasteiger partial charge >= 0.3 is 5.97 Å². The van der Waals surface area contributed by atoms with Crippen molar-refractivity contribution in [3.63, 3.8) is 0 Å². The van der Waals surface area contributed by atoms with Gasteiger partial charge in [-0.3, -0.25) is 9.59 Å². The highest BCUT2D eigenvalue weighted by Crippen LogP contribution is 2.18. The number of aliphatic hydroxyl groups excluding tert-OH is 2. The Hall–Kier alpha value is -2.44. The van der Waals surface area contributed by atoms with E-state index in [4.69, 9.17) is 4.74 Å². The van der Waals surface area contributed by atoms with Gasteiger partial charge in [0.15, 0.2) is 0 Å². The summed E-state index contributed by atoms with van der Waals surface area (Å²) in [6.45, 7) is 6.47. The average molecular weight is 967 g/mol. The molecule has 3 unspecified atom stereocenters. The van der Waals surface area contributed by atoms with Gasteiger partial charge in [0, 0.05) is 6.42 Å². The Labute approximate surface area is 428 Å². The van der Waals surface area contributed by atoms with Gasteiger partial charge < -0.3 is 20.3 Å². The number of aliphatic hydroxyl groups is 2. The fraction of sp³-hybridized carbons (Fsp3) is 0.810. The van der Waals surface area contributed by atoms with Crippen LogP contribution in [0.4, 0.5) is 0 Å². The molecule has 3 atom stereocenters. The standard InChI is InChI=1S/C63H115NO5/c1-4-7-10-13-16-19-22-25-28-30-32-35-38-41-44-47-50-53-56-63(68)69-59(54-51-48-45-42-39-36-34-31-29-26-23-20-17-14-11-8-5-2)57-62(67)64-60(58-65)61(66)55-52-49-46-43-40-37-33-27-24-21-18-15-12-9-6-3/h17,20,22,25-26,28-30,32,35,59-61,65-66H,4-16,18-19,21,23-24,27,31,33-34,36-58H2,1-3H3,(H,64,67)/b20-17-,25-22+,29-26-,30-28+,35-32+. The number of unbranched alkanes of at least 4 members (excludes halogenated alkanes) is 34. The maximum atomic E-state index is 13.3. The lowest BCUT2D eigenvalue weighted by Crippen LogP contribution is -2.46. The molecular weight excluding hydrogens is 851 g/mol. The molecule has 0 aliphatic rings. The molecule has 0 aliphatic carbocycles. The van der Waals surface area contributed by atoms with Crippen molar-refractivity contribution in [1.82, 2.24) is 5.32 Å². The quantitative estimate of drug-likeness (QED) is 0.0244. The molecule has 1 amide bonds. The third-order valence-corrected chi connectivity index (χ3v) is 13.6. The Morgan fingerprint density at radius 1 is 0.435 bits per heavy atom. The fourth-order valence-corrected chi connectivity index (χ4v) is 9.05. The number of hydrogen-bond acceptors (Lipinski definition) is 5. The highest BCUT2D eigenvalue weighted by atomic mass is 16.5. The molecule has 0 rings (SSSR count). The predicted octanol–water partition coefficient (Wildman–Crippen LogP) is 18.7. The van der Waals surface area contributed by atoms with Gasteiger partial charge in [-0.25, -0.2) is 0 Å². The first-order chi connectivity index (χ1) is 34.0. The summed E-state index contributed by atoms with van der Waals surface area (Å²) in [5, 5.41) is 23.9. The largest absolute Gasteiger partial charge is 0.462 e. The molecule has 0 saturated heterocycles. The third kappa shape index (κ3) is 51.7. The van der Waals surface area contributed by atoms with Crippen LogP contribution >= 0.6 is 0 Å². The minimum atomic E-state index is -0.796. The molecule has 6 heteroatoms. The first-order valence-electron chi connectivity index (χ1n) is 30.0. The molecule has 0 spiro atoms. The Balaban J connectivity index is 4.61. The Morgan fingerprint density at radius 2 is 0.797 bits per heavy atom. The van der Waals surface area contributed by atoms with Crippen LogP contribution in [-0.2, 0) is 14.3 Å². The van der Waals surface area contributed by atoms with Crippen LogP contribution < -0.4 is 5.32 Å². The summed E-state index contributed by atoms with van der Waals surface area (Å²) in [6, 6.07) is -0.711. The first-order valence-corrected chi connectivity index (χ1v) is 30.0. The van der Waals surface area contributed by atoms with Gasteiger partial charge in [-0.2, -0.15) is 0 Å². The maximum absolute atomic E-state index is 13.3. The van der Waals surface area contributed by atoms with Crippen molar-refractivity contribution in [1.29, 1.82) is 0 Å². The third-order valence-electron chi connectivity index (χ3n) is 13.6. The monoisotopic (exact) mass is 966 g/mol. The lowest BCUT2D eigenvalue weighted by Gasteiger charge is -2.24. The zero-order valence-corrected chi connectivity index (χ0v) is 45.9. The van der Waals surface area contributed by atoms with E-state index < -0.39 is 18.2 Å². The summed E-state index contributed by atoms with van der Waals surface area (Å²) in [4.78, 5) is 26.3. The molecular formula is C63H115NO5. The smallest absolute Gasteiger partial charge is 0.306 e. The van der Waals surface area contributed by atoms with Crippen molar-refractivity contribution < 1.29 is 24.5 Å². The second kappa shape index (κ2) is 56.5. The molecule has 0 bridgehead atoms. The Kier molecular flexibility index (Phi) is 54.5. The van der Waals surface area contributed by atoms with E-state index >= 15 is 0 Å². The van der Waals surface area contributed by atoms with E-state index in [1.165, 1.54) is 167 Å². The number of allylic oxidation sites excluding steroid dienone is 10. The highest BCUT2D eigenvalue weighted by molar-refractivity contribution is 5.77. The topological polar surface area (TPSA) is 95.9 Å². The second-order valence-corrected chi connectivity index (χ2v) is 20.5. The summed E-state index contributed by atoms with van der Waals surface area (Å²) < 4.78 is 5.96. The molecule has 0 aromatic rings. The number of rotatable bonds is 54. The molecule has 402 valence electrons. The van der Waals surface area contributed by atoms with Crippen molar-refractivity contribution in [3.05, 3.63) is 60.8 Å². The first kappa shape index (κ1) is 66.6. The van der Waals surface area contributed by atoms with E-state index in [-0.39, 0.29) is 24.9 Å². The van der Waals surface area contributed by atoms with E-state index in [1.807, 2.05) is 0 Å². The van der Waals surface area contributed by atoms with Gasteiger partial charge in [-0.1, -0.05) is 268 Å². The molecule has 6 nitrogen and oxygen atoms in total. The minimum Gasteiger partial charge on any atom is -0.462 e. The molecule has 0 fully saturated rings. The fourth-order valence-electron chi connectivity index (χ4n) is 9.05. The zero-order valence-electron chi connectivity index (χ0n) is 45.9. The predicted molar refractivity (Wildman–Crippen MR) is 301 cm³/mol. The number of esters is 1. The van der Waals surface area contributed by atoms with Gasteiger partial charge in [0.05, 0.1) is 25.2 Å². The Morgan fingerprint density at radius 3 is 1.25 bits per heavy atom. The second-order valence-electron chi connectivity index (χ2n) is 20.5. The van der Waals surface area contributed by atoms with Crippen molar-refractivity contribution in [2.45, 2.75) is 322 Å². The normalized spacial score (nSPS) is 13.5. The van der Waals surface area contributed by atoms with E-state index in [2.05, 4.69) is 86.8 Å². The van der Waals surface area contributed by atoms with E-state index in [9.17, 15) is 19.8 Å². The molecule has 0 heterocycles. The van der Waals surface area contributed by atoms with Gasteiger partial charge in [-0.05, 0) is 83.5 Å². The van der Waals surface area contributed by atoms with Gasteiger partial charge in [0.25, 0.3) is 0 Å². The van der Waals surface area contributed by atoms with E-state index in [1.54, 1.807) is 0 Å². The van der Waals surface area contributed by atoms with Gasteiger partial charge in [-0.15, -0.1) is 0 Å². The van der Waals surface area contributed by atoms with Crippen LogP contribution in [0.15, 0.2) is 60.8 Å². The number of carbonyl (C=O) groups excluding carboxylic acids is 2. The van der Waals surface area contributed by atoms with E-state index in [0.29, 0.717) is 19.3 Å². The van der Waals surface area contributed by atoms with Crippen molar-refractivity contribution in [3.8, 4) is 0 Å². The molecule has 69 heavy (non-hydrogen) atoms. The van der Waals surface area contributed by atoms with Crippen LogP contribution in [0.1, 0.15) is 303 Å². The summed E-state index contributed by atoms with van der Waals surface area (Å²) >= 11 is 0. The average Bonchev–Trinajstić information content (AvgIpc) is 3.34. The number of ether oxygens (including phenoxy) is 1. The van der Waals surface area contributed by atoms with Crippen LogP contribution in [0.2, 0.25) is 0 Å². The molecule has 0 saturated carbocycles. The van der Waals surface area contributed by atoms with Crippen LogP contribution in [0.25, 0.3) is 0 Å². The summed E-state index contributed by atoms with van der Waals surface area (Å²) in [6.07, 6.45) is 71.4. The lowest BCUT2D eigenvalue weighted by molar-refractivity contribution is -0.151. The number of hydrogen-bond donors (Lipinski definition) is 3. The van der Waals surface area contributed by atoms with Crippen LogP contribution in [0, 0.1) is 0 Å². The molecule has 0 aromatic heterocycles. The molecule has 3 N–H and O–H groups in total. The minimum absolute atomic E-state index is 0.0637. The van der Waals surface area contributed by atoms with E-state index in [0.717, 1.165) is 89.9 Å². The SMILES string of the molecule is CCCCC/C=C\C/C=C\CCCCCCCCCC(CC(=O)NC(CO)C(O)CCCCCCCCCCCCCCCCC)OC(=O)CCCCCCC/C=C/C=C/C=C/CCCCCCC. The van der Waals surface area contributed by atoms with Gasteiger partial charge in [0.1, 0.15) is 6.10 Å². The number of carbonyl (C=O) groups is 2. The molecule has 0 aromatic carbocycles. The zero-order chi connectivity index (χ0) is 50.2. The van der Waals surface area contributed by atoms with Crippen molar-refractivity contribution >= 4 is 11.9 Å². The number of amides is 1. The van der Waals surface area contributed by atoms with Gasteiger partial charge in [0.2, 0.25) is 5.91 Å². The molecule has 0 aliphatic heterocycles. The molecule has 0 radical (unpaired) electrons. The lowest BCUT2D eigenvalue weighted by atomic mass is 10.0. The van der Waals surface area contributed by atoms with Crippen LogP contribution in [0.3, 0.4) is 0 Å². The summed E-state index contributed by atoms with van der Waals surface area (Å²) in [5.41, 5.74) is 0.